The van der Waals surface area contributed by atoms with E-state index in [9.17, 15) is 0 Å². The van der Waals surface area contributed by atoms with Crippen molar-refractivity contribution >= 4 is 27.5 Å². The molecule has 0 aliphatic heterocycles. The fourth-order valence-electron chi connectivity index (χ4n) is 1.50. The molecule has 0 saturated heterocycles. The highest BCUT2D eigenvalue weighted by Gasteiger charge is 2.00. The summed E-state index contributed by atoms with van der Waals surface area (Å²) in [5.41, 5.74) is 2.30. The van der Waals surface area contributed by atoms with Crippen molar-refractivity contribution in [1.29, 1.82) is 0 Å². The first-order valence-electron chi connectivity index (χ1n) is 5.15. The molecule has 84 valence electrons. The van der Waals surface area contributed by atoms with Gasteiger partial charge in [-0.2, -0.15) is 5.10 Å². The Balaban J connectivity index is 2.15. The number of aryl methyl sites for hydroxylation is 1. The van der Waals surface area contributed by atoms with Gasteiger partial charge in [0.05, 0.1) is 11.9 Å². The third-order valence-electron chi connectivity index (χ3n) is 2.33. The van der Waals surface area contributed by atoms with E-state index < -0.39 is 0 Å². The quantitative estimate of drug-likeness (QED) is 0.785. The molecule has 0 aliphatic carbocycles. The maximum atomic E-state index is 5.66. The number of hydrogen-bond donors (Lipinski definition) is 0. The van der Waals surface area contributed by atoms with Crippen molar-refractivity contribution in [2.75, 3.05) is 5.88 Å². The Bertz CT molecular complexity index is 450. The summed E-state index contributed by atoms with van der Waals surface area (Å²) < 4.78 is 2.96. The molecule has 0 saturated carbocycles. The van der Waals surface area contributed by atoms with Crippen LogP contribution in [0.1, 0.15) is 12.0 Å². The second kappa shape index (κ2) is 5.51. The van der Waals surface area contributed by atoms with Crippen LogP contribution in [-0.2, 0) is 6.42 Å². The summed E-state index contributed by atoms with van der Waals surface area (Å²) in [5.74, 6) is 0.698. The van der Waals surface area contributed by atoms with Gasteiger partial charge in [-0.15, -0.1) is 11.6 Å². The van der Waals surface area contributed by atoms with Gasteiger partial charge in [0, 0.05) is 16.5 Å². The SMILES string of the molecule is ClCCCc1cnn(-c2ccc(Br)cc2)c1. The number of nitrogens with zero attached hydrogens (tertiary/aromatic N) is 2. The predicted octanol–water partition coefficient (Wildman–Crippen LogP) is 3.81. The second-order valence-electron chi connectivity index (χ2n) is 3.56. The fraction of sp³-hybridized carbons (Fsp3) is 0.250. The van der Waals surface area contributed by atoms with E-state index in [4.69, 9.17) is 11.6 Å². The van der Waals surface area contributed by atoms with Crippen LogP contribution in [0.3, 0.4) is 0 Å². The molecule has 2 aromatic rings. The maximum Gasteiger partial charge on any atom is 0.0646 e. The van der Waals surface area contributed by atoms with E-state index in [0.29, 0.717) is 5.88 Å². The summed E-state index contributed by atoms with van der Waals surface area (Å²) in [4.78, 5) is 0. The van der Waals surface area contributed by atoms with Crippen LogP contribution in [0.15, 0.2) is 41.1 Å². The highest BCUT2D eigenvalue weighted by atomic mass is 79.9. The Kier molecular flexibility index (Phi) is 4.02. The third kappa shape index (κ3) is 2.86. The maximum absolute atomic E-state index is 5.66. The lowest BCUT2D eigenvalue weighted by atomic mass is 10.2. The molecule has 0 bridgehead atoms. The van der Waals surface area contributed by atoms with Crippen LogP contribution in [0.5, 0.6) is 0 Å². The summed E-state index contributed by atoms with van der Waals surface area (Å²) in [6.45, 7) is 0. The largest absolute Gasteiger partial charge is 0.241 e. The van der Waals surface area contributed by atoms with Crippen molar-refractivity contribution in [2.45, 2.75) is 12.8 Å². The van der Waals surface area contributed by atoms with Gasteiger partial charge in [0.15, 0.2) is 0 Å². The first-order valence-corrected chi connectivity index (χ1v) is 6.48. The van der Waals surface area contributed by atoms with Crippen LogP contribution >= 0.6 is 27.5 Å². The topological polar surface area (TPSA) is 17.8 Å². The van der Waals surface area contributed by atoms with Crippen molar-refractivity contribution < 1.29 is 0 Å². The molecule has 1 aromatic carbocycles. The summed E-state index contributed by atoms with van der Waals surface area (Å²) >= 11 is 9.07. The monoisotopic (exact) mass is 298 g/mol. The van der Waals surface area contributed by atoms with Gasteiger partial charge >= 0.3 is 0 Å². The average Bonchev–Trinajstić information content (AvgIpc) is 2.76. The molecule has 1 aromatic heterocycles. The van der Waals surface area contributed by atoms with Crippen molar-refractivity contribution in [1.82, 2.24) is 9.78 Å². The van der Waals surface area contributed by atoms with E-state index in [-0.39, 0.29) is 0 Å². The minimum Gasteiger partial charge on any atom is -0.241 e. The van der Waals surface area contributed by atoms with Gasteiger partial charge in [0.25, 0.3) is 0 Å². The Morgan fingerprint density at radius 2 is 2.00 bits per heavy atom. The Hall–Kier alpha value is -0.800. The first kappa shape index (κ1) is 11.7. The van der Waals surface area contributed by atoms with Gasteiger partial charge in [-0.05, 0) is 42.7 Å². The fourth-order valence-corrected chi connectivity index (χ4v) is 1.89. The van der Waals surface area contributed by atoms with Gasteiger partial charge in [-0.25, -0.2) is 4.68 Å². The number of halogens is 2. The Morgan fingerprint density at radius 1 is 1.25 bits per heavy atom. The minimum atomic E-state index is 0.698. The molecular weight excluding hydrogens is 288 g/mol. The molecule has 0 amide bonds. The molecule has 0 spiro atoms. The van der Waals surface area contributed by atoms with E-state index >= 15 is 0 Å². The van der Waals surface area contributed by atoms with E-state index in [1.165, 1.54) is 5.56 Å². The van der Waals surface area contributed by atoms with Crippen LogP contribution in [0, 0.1) is 0 Å². The summed E-state index contributed by atoms with van der Waals surface area (Å²) in [6.07, 6.45) is 5.93. The van der Waals surface area contributed by atoms with Gasteiger partial charge in [-0.1, -0.05) is 15.9 Å². The van der Waals surface area contributed by atoms with E-state index in [2.05, 4.69) is 27.2 Å². The molecule has 0 unspecified atom stereocenters. The molecule has 0 atom stereocenters. The average molecular weight is 300 g/mol. The van der Waals surface area contributed by atoms with Crippen molar-refractivity contribution in [3.8, 4) is 5.69 Å². The third-order valence-corrected chi connectivity index (χ3v) is 3.12. The molecule has 1 heterocycles. The van der Waals surface area contributed by atoms with Gasteiger partial charge < -0.3 is 0 Å². The standard InChI is InChI=1S/C12H12BrClN2/c13-11-3-5-12(6-4-11)16-9-10(8-15-16)2-1-7-14/h3-6,8-9H,1-2,7H2. The van der Waals surface area contributed by atoms with Gasteiger partial charge in [0.1, 0.15) is 0 Å². The molecule has 0 radical (unpaired) electrons. The van der Waals surface area contributed by atoms with Crippen LogP contribution in [0.4, 0.5) is 0 Å². The van der Waals surface area contributed by atoms with Crippen LogP contribution in [0.2, 0.25) is 0 Å². The lowest BCUT2D eigenvalue weighted by Gasteiger charge is -2.00. The lowest BCUT2D eigenvalue weighted by molar-refractivity contribution is 0.877. The number of aromatic nitrogens is 2. The van der Waals surface area contributed by atoms with E-state index in [0.717, 1.165) is 23.0 Å². The zero-order chi connectivity index (χ0) is 11.4. The van der Waals surface area contributed by atoms with Crippen LogP contribution in [-0.4, -0.2) is 15.7 Å². The normalized spacial score (nSPS) is 10.6. The zero-order valence-corrected chi connectivity index (χ0v) is 11.1. The first-order chi connectivity index (χ1) is 7.79. The lowest BCUT2D eigenvalue weighted by Crippen LogP contribution is -1.93. The minimum absolute atomic E-state index is 0.698. The molecule has 0 N–H and O–H groups in total. The highest BCUT2D eigenvalue weighted by molar-refractivity contribution is 9.10. The number of hydrogen-bond acceptors (Lipinski definition) is 1. The summed E-state index contributed by atoms with van der Waals surface area (Å²) in [7, 11) is 0. The Labute approximate surface area is 108 Å². The number of benzene rings is 1. The molecule has 0 aliphatic rings. The molecule has 2 rings (SSSR count). The van der Waals surface area contributed by atoms with E-state index in [1.807, 2.05) is 35.1 Å². The Morgan fingerprint density at radius 3 is 2.69 bits per heavy atom. The van der Waals surface area contributed by atoms with Crippen molar-refractivity contribution in [3.63, 3.8) is 0 Å². The van der Waals surface area contributed by atoms with Crippen molar-refractivity contribution in [3.05, 3.63) is 46.7 Å². The predicted molar refractivity (Wildman–Crippen MR) is 70.3 cm³/mol. The molecule has 0 fully saturated rings. The van der Waals surface area contributed by atoms with Crippen LogP contribution in [0.25, 0.3) is 5.69 Å². The number of alkyl halides is 1. The zero-order valence-electron chi connectivity index (χ0n) is 8.74. The highest BCUT2D eigenvalue weighted by Crippen LogP contribution is 2.14. The number of rotatable bonds is 4. The molecule has 2 nitrogen and oxygen atoms in total. The van der Waals surface area contributed by atoms with Gasteiger partial charge in [-0.3, -0.25) is 0 Å². The molecule has 4 heteroatoms. The second-order valence-corrected chi connectivity index (χ2v) is 4.86. The summed E-state index contributed by atoms with van der Waals surface area (Å²) in [6, 6.07) is 8.08. The molecular formula is C12H12BrClN2. The summed E-state index contributed by atoms with van der Waals surface area (Å²) in [5, 5.41) is 4.33. The van der Waals surface area contributed by atoms with Gasteiger partial charge in [0.2, 0.25) is 0 Å². The van der Waals surface area contributed by atoms with Crippen molar-refractivity contribution in [2.24, 2.45) is 0 Å². The smallest absolute Gasteiger partial charge is 0.0646 e. The van der Waals surface area contributed by atoms with E-state index in [1.54, 1.807) is 0 Å². The van der Waals surface area contributed by atoms with Crippen LogP contribution < -0.4 is 0 Å². The molecule has 16 heavy (non-hydrogen) atoms.